The first-order valence-corrected chi connectivity index (χ1v) is 15.5. The highest BCUT2D eigenvalue weighted by atomic mass is 35.5. The number of carbonyl (C=O) groups excluding carboxylic acids is 1. The fourth-order valence-electron chi connectivity index (χ4n) is 6.74. The number of anilines is 2. The number of hydrogen-bond acceptors (Lipinski definition) is 7. The zero-order chi connectivity index (χ0) is 30.1. The lowest BCUT2D eigenvalue weighted by atomic mass is 9.94. The van der Waals surface area contributed by atoms with Crippen LogP contribution < -0.4 is 9.80 Å². The van der Waals surface area contributed by atoms with Gasteiger partial charge in [-0.15, -0.1) is 0 Å². The first-order chi connectivity index (χ1) is 20.9. The molecule has 0 saturated carbocycles. The maximum atomic E-state index is 12.6. The Balaban J connectivity index is 1.35. The van der Waals surface area contributed by atoms with Crippen LogP contribution in [0, 0.1) is 6.57 Å². The van der Waals surface area contributed by atoms with Gasteiger partial charge < -0.3 is 24.3 Å². The largest absolute Gasteiger partial charge is 0.368 e. The second-order valence-corrected chi connectivity index (χ2v) is 11.8. The Morgan fingerprint density at radius 3 is 2.63 bits per heavy atom. The monoisotopic (exact) mass is 599 g/mol. The Morgan fingerprint density at radius 2 is 1.91 bits per heavy atom. The van der Waals surface area contributed by atoms with E-state index in [4.69, 9.17) is 32.9 Å². The Kier molecular flexibility index (Phi) is 8.53. The molecule has 224 valence electrons. The molecular weight excluding hydrogens is 562 g/mol. The summed E-state index contributed by atoms with van der Waals surface area (Å²) in [6, 6.07) is 12.5. The van der Waals surface area contributed by atoms with E-state index in [1.807, 2.05) is 12.1 Å². The number of piperazine rings is 1. The molecule has 0 aliphatic carbocycles. The molecule has 2 aromatic carbocycles. The SMILES string of the molecule is [C-]#[N+]C[C@H]1CN(c2nc(N3CC(N(CC)CC)C3)nc3c2COC(c2cccc4cccc(Cl)c24)C3)CCN1C(=O)C=C. The average molecular weight is 600 g/mol. The summed E-state index contributed by atoms with van der Waals surface area (Å²) in [6.07, 6.45) is 1.75. The number of rotatable bonds is 8. The summed E-state index contributed by atoms with van der Waals surface area (Å²) in [5.41, 5.74) is 3.03. The molecule has 9 nitrogen and oxygen atoms in total. The van der Waals surface area contributed by atoms with Crippen molar-refractivity contribution in [3.05, 3.63) is 82.3 Å². The zero-order valence-electron chi connectivity index (χ0n) is 24.9. The molecule has 6 rings (SSSR count). The summed E-state index contributed by atoms with van der Waals surface area (Å²) in [5, 5.41) is 2.82. The number of hydrogen-bond donors (Lipinski definition) is 0. The summed E-state index contributed by atoms with van der Waals surface area (Å²) < 4.78 is 6.54. The van der Waals surface area contributed by atoms with Crippen LogP contribution in [0.5, 0.6) is 0 Å². The minimum Gasteiger partial charge on any atom is -0.368 e. The van der Waals surface area contributed by atoms with Gasteiger partial charge in [0.2, 0.25) is 18.4 Å². The summed E-state index contributed by atoms with van der Waals surface area (Å²) >= 11 is 6.69. The van der Waals surface area contributed by atoms with Crippen molar-refractivity contribution in [1.29, 1.82) is 0 Å². The molecule has 2 fully saturated rings. The van der Waals surface area contributed by atoms with Gasteiger partial charge in [-0.2, -0.15) is 4.98 Å². The molecule has 4 heterocycles. The Bertz CT molecular complexity index is 1560. The third-order valence-electron chi connectivity index (χ3n) is 9.12. The molecule has 0 N–H and O–H groups in total. The number of benzene rings is 2. The highest BCUT2D eigenvalue weighted by Crippen LogP contribution is 2.40. The first-order valence-electron chi connectivity index (χ1n) is 15.1. The molecule has 1 aromatic heterocycles. The van der Waals surface area contributed by atoms with Crippen molar-refractivity contribution in [2.24, 2.45) is 0 Å². The molecule has 2 atom stereocenters. The molecule has 3 aliphatic rings. The van der Waals surface area contributed by atoms with Gasteiger partial charge in [0.05, 0.1) is 18.4 Å². The number of fused-ring (bicyclic) bond motifs is 2. The van der Waals surface area contributed by atoms with E-state index in [0.29, 0.717) is 43.7 Å². The number of ether oxygens (including phenoxy) is 1. The lowest BCUT2D eigenvalue weighted by molar-refractivity contribution is -0.128. The quantitative estimate of drug-likeness (QED) is 0.273. The normalized spacial score (nSPS) is 20.6. The second kappa shape index (κ2) is 12.5. The van der Waals surface area contributed by atoms with Crippen molar-refractivity contribution in [2.75, 3.05) is 62.2 Å². The third-order valence-corrected chi connectivity index (χ3v) is 9.43. The van der Waals surface area contributed by atoms with E-state index in [-0.39, 0.29) is 24.6 Å². The number of amides is 1. The zero-order valence-corrected chi connectivity index (χ0v) is 25.6. The lowest BCUT2D eigenvalue weighted by Crippen LogP contribution is -2.60. The van der Waals surface area contributed by atoms with Gasteiger partial charge in [0, 0.05) is 61.2 Å². The van der Waals surface area contributed by atoms with Gasteiger partial charge in [0.1, 0.15) is 11.9 Å². The summed E-state index contributed by atoms with van der Waals surface area (Å²) in [6.45, 7) is 21.6. The van der Waals surface area contributed by atoms with Crippen LogP contribution in [0.15, 0.2) is 49.1 Å². The fraction of sp³-hybridized carbons (Fsp3) is 0.455. The smallest absolute Gasteiger partial charge is 0.246 e. The van der Waals surface area contributed by atoms with Gasteiger partial charge in [-0.05, 0) is 36.2 Å². The van der Waals surface area contributed by atoms with Crippen LogP contribution in [0.2, 0.25) is 5.02 Å². The van der Waals surface area contributed by atoms with Crippen LogP contribution >= 0.6 is 11.6 Å². The van der Waals surface area contributed by atoms with Crippen LogP contribution in [-0.2, 0) is 22.6 Å². The molecule has 10 heteroatoms. The maximum absolute atomic E-state index is 12.6. The van der Waals surface area contributed by atoms with E-state index in [9.17, 15) is 4.79 Å². The van der Waals surface area contributed by atoms with Gasteiger partial charge in [0.15, 0.2) is 0 Å². The van der Waals surface area contributed by atoms with Crippen LogP contribution in [0.4, 0.5) is 11.8 Å². The van der Waals surface area contributed by atoms with Crippen molar-refractivity contribution in [3.63, 3.8) is 0 Å². The first kappa shape index (κ1) is 29.4. The Labute approximate surface area is 258 Å². The predicted octanol–water partition coefficient (Wildman–Crippen LogP) is 4.75. The molecule has 0 radical (unpaired) electrons. The summed E-state index contributed by atoms with van der Waals surface area (Å²) in [5.74, 6) is 1.45. The van der Waals surface area contributed by atoms with Crippen molar-refractivity contribution < 1.29 is 9.53 Å². The van der Waals surface area contributed by atoms with Crippen LogP contribution in [0.3, 0.4) is 0 Å². The standard InChI is InChI=1S/C33H38ClN7O2/c1-5-30(42)41-15-14-39(18-23(41)17-35-4)32-26-21-43-29(25-12-8-10-22-11-9-13-27(34)31(22)25)16-28(26)36-33(37-32)40-19-24(20-40)38(6-2)7-3/h5,8-13,23-24,29H,1,6-7,14-21H2,2-3H3/t23-,29?/m0/s1. The van der Waals surface area contributed by atoms with Gasteiger partial charge in [-0.3, -0.25) is 9.69 Å². The van der Waals surface area contributed by atoms with Gasteiger partial charge in [-0.25, -0.2) is 11.6 Å². The van der Waals surface area contributed by atoms with Crippen molar-refractivity contribution >= 4 is 40.0 Å². The number of aromatic nitrogens is 2. The number of likely N-dealkylation sites (N-methyl/N-ethyl adjacent to an activating group) is 1. The molecule has 0 bridgehead atoms. The molecule has 43 heavy (non-hydrogen) atoms. The predicted molar refractivity (Wildman–Crippen MR) is 171 cm³/mol. The lowest BCUT2D eigenvalue weighted by Gasteiger charge is -2.46. The number of halogens is 1. The van der Waals surface area contributed by atoms with Gasteiger partial charge >= 0.3 is 0 Å². The van der Waals surface area contributed by atoms with Crippen LogP contribution in [0.25, 0.3) is 15.6 Å². The van der Waals surface area contributed by atoms with Crippen LogP contribution in [0.1, 0.15) is 36.8 Å². The maximum Gasteiger partial charge on any atom is 0.246 e. The number of carbonyl (C=O) groups is 1. The van der Waals surface area contributed by atoms with Crippen molar-refractivity contribution in [3.8, 4) is 0 Å². The van der Waals surface area contributed by atoms with Gasteiger partial charge in [0.25, 0.3) is 0 Å². The van der Waals surface area contributed by atoms with E-state index >= 15 is 0 Å². The van der Waals surface area contributed by atoms with E-state index in [2.05, 4.69) is 64.2 Å². The fourth-order valence-corrected chi connectivity index (χ4v) is 7.03. The molecule has 1 amide bonds. The molecule has 3 aliphatic heterocycles. The Morgan fingerprint density at radius 1 is 1.14 bits per heavy atom. The topological polar surface area (TPSA) is 69.4 Å². The van der Waals surface area contributed by atoms with E-state index < -0.39 is 0 Å². The third kappa shape index (κ3) is 5.55. The molecule has 3 aromatic rings. The molecule has 1 unspecified atom stereocenters. The summed E-state index contributed by atoms with van der Waals surface area (Å²) in [7, 11) is 0. The number of nitrogens with zero attached hydrogens (tertiary/aromatic N) is 7. The van der Waals surface area contributed by atoms with E-state index in [1.165, 1.54) is 6.08 Å². The second-order valence-electron chi connectivity index (χ2n) is 11.4. The van der Waals surface area contributed by atoms with Crippen molar-refractivity contribution in [1.82, 2.24) is 19.8 Å². The van der Waals surface area contributed by atoms with Gasteiger partial charge in [-0.1, -0.05) is 62.4 Å². The minimum absolute atomic E-state index is 0.137. The minimum atomic E-state index is -0.239. The highest BCUT2D eigenvalue weighted by molar-refractivity contribution is 6.35. The van der Waals surface area contributed by atoms with Crippen molar-refractivity contribution in [2.45, 2.75) is 45.1 Å². The van der Waals surface area contributed by atoms with E-state index in [1.54, 1.807) is 4.90 Å². The summed E-state index contributed by atoms with van der Waals surface area (Å²) in [4.78, 5) is 35.2. The molecule has 0 spiro atoms. The van der Waals surface area contributed by atoms with Crippen LogP contribution in [-0.4, -0.2) is 90.1 Å². The Hall–Kier alpha value is -3.71. The molecule has 2 saturated heterocycles. The molecular formula is C33H38ClN7O2. The average Bonchev–Trinajstić information content (AvgIpc) is 3.01. The van der Waals surface area contributed by atoms with E-state index in [0.717, 1.165) is 65.5 Å². The highest BCUT2D eigenvalue weighted by Gasteiger charge is 2.38.